The molecule has 66 valence electrons. The molecule has 0 saturated heterocycles. The summed E-state index contributed by atoms with van der Waals surface area (Å²) in [6.07, 6.45) is 2.66. The molecule has 0 bridgehead atoms. The summed E-state index contributed by atoms with van der Waals surface area (Å²) in [5.74, 6) is 1.26. The average molecular weight is 167 g/mol. The molecule has 0 amide bonds. The number of hydrogen-bond donors (Lipinski definition) is 0. The van der Waals surface area contributed by atoms with Gasteiger partial charge in [-0.3, -0.25) is 0 Å². The molecule has 3 heteroatoms. The van der Waals surface area contributed by atoms with Gasteiger partial charge in [-0.2, -0.15) is 0 Å². The monoisotopic (exact) mass is 167 g/mol. The zero-order valence-corrected chi connectivity index (χ0v) is 7.41. The highest BCUT2D eigenvalue weighted by molar-refractivity contribution is 5.32. The Morgan fingerprint density at radius 1 is 1.50 bits per heavy atom. The fourth-order valence-electron chi connectivity index (χ4n) is 0.851. The summed E-state index contributed by atoms with van der Waals surface area (Å²) in [6, 6.07) is 3.68. The zero-order chi connectivity index (χ0) is 8.81. The fraction of sp³-hybridized carbons (Fsp3) is 0.444. The normalized spacial score (nSPS) is 9.50. The van der Waals surface area contributed by atoms with Crippen LogP contribution >= 0.6 is 0 Å². The lowest BCUT2D eigenvalue weighted by molar-refractivity contribution is 0.288. The molecule has 1 rings (SSSR count). The number of rotatable bonds is 4. The van der Waals surface area contributed by atoms with E-state index in [0.29, 0.717) is 18.2 Å². The summed E-state index contributed by atoms with van der Waals surface area (Å²) in [4.78, 5) is 4.00. The van der Waals surface area contributed by atoms with Crippen molar-refractivity contribution in [3.63, 3.8) is 0 Å². The molecule has 0 aliphatic heterocycles. The third-order valence-electron chi connectivity index (χ3n) is 1.39. The van der Waals surface area contributed by atoms with Gasteiger partial charge < -0.3 is 9.47 Å². The quantitative estimate of drug-likeness (QED) is 0.686. The minimum absolute atomic E-state index is 0.547. The molecule has 0 atom stereocenters. The molecule has 0 N–H and O–H groups in total. The van der Waals surface area contributed by atoms with E-state index in [2.05, 4.69) is 11.9 Å². The third-order valence-corrected chi connectivity index (χ3v) is 1.39. The molecule has 12 heavy (non-hydrogen) atoms. The fourth-order valence-corrected chi connectivity index (χ4v) is 0.851. The third kappa shape index (κ3) is 2.12. The van der Waals surface area contributed by atoms with Crippen molar-refractivity contribution in [3.05, 3.63) is 18.3 Å². The molecule has 0 radical (unpaired) electrons. The van der Waals surface area contributed by atoms with Gasteiger partial charge >= 0.3 is 0 Å². The molecular formula is C9H13NO2. The highest BCUT2D eigenvalue weighted by atomic mass is 16.5. The number of methoxy groups -OCH3 is 1. The molecule has 1 aromatic rings. The number of hydrogen-bond acceptors (Lipinski definition) is 3. The van der Waals surface area contributed by atoms with Gasteiger partial charge in [0.05, 0.1) is 13.7 Å². The molecule has 0 spiro atoms. The highest BCUT2D eigenvalue weighted by Gasteiger charge is 2.01. The van der Waals surface area contributed by atoms with Crippen LogP contribution in [0.15, 0.2) is 18.3 Å². The van der Waals surface area contributed by atoms with Crippen molar-refractivity contribution in [2.45, 2.75) is 13.3 Å². The molecular weight excluding hydrogens is 154 g/mol. The molecule has 0 aliphatic rings. The van der Waals surface area contributed by atoms with E-state index >= 15 is 0 Å². The van der Waals surface area contributed by atoms with E-state index in [9.17, 15) is 0 Å². The van der Waals surface area contributed by atoms with E-state index in [-0.39, 0.29) is 0 Å². The van der Waals surface area contributed by atoms with Gasteiger partial charge in [0, 0.05) is 6.20 Å². The maximum Gasteiger partial charge on any atom is 0.256 e. The van der Waals surface area contributed by atoms with Crippen molar-refractivity contribution >= 4 is 0 Å². The lowest BCUT2D eigenvalue weighted by atomic mass is 10.4. The lowest BCUT2D eigenvalue weighted by Gasteiger charge is -2.07. The van der Waals surface area contributed by atoms with Gasteiger partial charge in [-0.1, -0.05) is 6.92 Å². The standard InChI is InChI=1S/C9H13NO2/c1-3-7-12-8-5-4-6-10-9(8)11-2/h4-6H,3,7H2,1-2H3. The number of pyridine rings is 1. The van der Waals surface area contributed by atoms with E-state index in [4.69, 9.17) is 9.47 Å². The van der Waals surface area contributed by atoms with Crippen molar-refractivity contribution in [1.29, 1.82) is 0 Å². The van der Waals surface area contributed by atoms with Gasteiger partial charge in [-0.25, -0.2) is 4.98 Å². The first kappa shape index (κ1) is 8.84. The van der Waals surface area contributed by atoms with E-state index in [1.54, 1.807) is 13.3 Å². The Kier molecular flexibility index (Phi) is 3.38. The summed E-state index contributed by atoms with van der Waals surface area (Å²) in [7, 11) is 1.58. The zero-order valence-electron chi connectivity index (χ0n) is 7.41. The van der Waals surface area contributed by atoms with E-state index < -0.39 is 0 Å². The number of nitrogens with zero attached hydrogens (tertiary/aromatic N) is 1. The minimum Gasteiger partial charge on any atom is -0.488 e. The lowest BCUT2D eigenvalue weighted by Crippen LogP contribution is -1.98. The van der Waals surface area contributed by atoms with Crippen LogP contribution in [0.3, 0.4) is 0 Å². The Balaban J connectivity index is 2.68. The van der Waals surface area contributed by atoms with Crippen molar-refractivity contribution < 1.29 is 9.47 Å². The number of aromatic nitrogens is 1. The predicted octanol–water partition coefficient (Wildman–Crippen LogP) is 1.88. The first-order valence-electron chi connectivity index (χ1n) is 4.00. The van der Waals surface area contributed by atoms with Crippen LogP contribution in [0, 0.1) is 0 Å². The van der Waals surface area contributed by atoms with Crippen LogP contribution in [0.1, 0.15) is 13.3 Å². The largest absolute Gasteiger partial charge is 0.488 e. The Bertz CT molecular complexity index is 238. The van der Waals surface area contributed by atoms with Gasteiger partial charge in [0.15, 0.2) is 5.75 Å². The van der Waals surface area contributed by atoms with Gasteiger partial charge in [0.25, 0.3) is 5.88 Å². The molecule has 0 aliphatic carbocycles. The van der Waals surface area contributed by atoms with E-state index in [1.807, 2.05) is 12.1 Å². The SMILES string of the molecule is CCCOc1cccnc1OC. The van der Waals surface area contributed by atoms with Gasteiger partial charge in [0.1, 0.15) is 0 Å². The van der Waals surface area contributed by atoms with Gasteiger partial charge in [-0.15, -0.1) is 0 Å². The van der Waals surface area contributed by atoms with E-state index in [1.165, 1.54) is 0 Å². The molecule has 0 saturated carbocycles. The summed E-state index contributed by atoms with van der Waals surface area (Å²) < 4.78 is 10.4. The summed E-state index contributed by atoms with van der Waals surface area (Å²) >= 11 is 0. The summed E-state index contributed by atoms with van der Waals surface area (Å²) in [6.45, 7) is 2.75. The Morgan fingerprint density at radius 3 is 3.00 bits per heavy atom. The maximum absolute atomic E-state index is 5.39. The molecule has 3 nitrogen and oxygen atoms in total. The van der Waals surface area contributed by atoms with Gasteiger partial charge in [0.2, 0.25) is 0 Å². The molecule has 0 fully saturated rings. The highest BCUT2D eigenvalue weighted by Crippen LogP contribution is 2.22. The van der Waals surface area contributed by atoms with Crippen LogP contribution in [0.4, 0.5) is 0 Å². The van der Waals surface area contributed by atoms with Crippen LogP contribution in [-0.2, 0) is 0 Å². The van der Waals surface area contributed by atoms with Crippen LogP contribution in [-0.4, -0.2) is 18.7 Å². The molecule has 0 unspecified atom stereocenters. The minimum atomic E-state index is 0.547. The average Bonchev–Trinajstić information content (AvgIpc) is 2.15. The van der Waals surface area contributed by atoms with Crippen molar-refractivity contribution in [1.82, 2.24) is 4.98 Å². The predicted molar refractivity (Wildman–Crippen MR) is 46.6 cm³/mol. The summed E-state index contributed by atoms with van der Waals surface area (Å²) in [5.41, 5.74) is 0. The Morgan fingerprint density at radius 2 is 2.33 bits per heavy atom. The smallest absolute Gasteiger partial charge is 0.256 e. The molecule has 1 aromatic heterocycles. The van der Waals surface area contributed by atoms with Crippen LogP contribution < -0.4 is 9.47 Å². The second-order valence-electron chi connectivity index (χ2n) is 2.36. The van der Waals surface area contributed by atoms with Crippen LogP contribution in [0.5, 0.6) is 11.6 Å². The van der Waals surface area contributed by atoms with Crippen LogP contribution in [0.25, 0.3) is 0 Å². The Hall–Kier alpha value is -1.25. The van der Waals surface area contributed by atoms with Crippen molar-refractivity contribution in [2.75, 3.05) is 13.7 Å². The topological polar surface area (TPSA) is 31.4 Å². The molecule has 1 heterocycles. The van der Waals surface area contributed by atoms with E-state index in [0.717, 1.165) is 6.42 Å². The second-order valence-corrected chi connectivity index (χ2v) is 2.36. The second kappa shape index (κ2) is 4.59. The maximum atomic E-state index is 5.39. The first-order chi connectivity index (χ1) is 5.88. The van der Waals surface area contributed by atoms with Crippen LogP contribution in [0.2, 0.25) is 0 Å². The molecule has 0 aromatic carbocycles. The van der Waals surface area contributed by atoms with Gasteiger partial charge in [-0.05, 0) is 18.6 Å². The number of ether oxygens (including phenoxy) is 2. The summed E-state index contributed by atoms with van der Waals surface area (Å²) in [5, 5.41) is 0. The first-order valence-corrected chi connectivity index (χ1v) is 4.00. The van der Waals surface area contributed by atoms with Crippen molar-refractivity contribution in [3.8, 4) is 11.6 Å². The van der Waals surface area contributed by atoms with Crippen molar-refractivity contribution in [2.24, 2.45) is 0 Å². The Labute approximate surface area is 72.3 Å².